The van der Waals surface area contributed by atoms with Crippen LogP contribution in [0.4, 0.5) is 13.2 Å². The Morgan fingerprint density at radius 3 is 2.37 bits per heavy atom. The second-order valence-corrected chi connectivity index (χ2v) is 4.16. The smallest absolute Gasteiger partial charge is 0.233 e. The van der Waals surface area contributed by atoms with Gasteiger partial charge in [-0.25, -0.2) is 4.68 Å². The molecular weight excluding hydrogens is 253 g/mol. The predicted octanol–water partition coefficient (Wildman–Crippen LogP) is 4.04. The van der Waals surface area contributed by atoms with E-state index in [-0.39, 0.29) is 0 Å². The minimum absolute atomic E-state index is 0.471. The number of aromatic nitrogens is 2. The first-order valence-electron chi connectivity index (χ1n) is 5.66. The van der Waals surface area contributed by atoms with E-state index in [0.29, 0.717) is 10.9 Å². The summed E-state index contributed by atoms with van der Waals surface area (Å²) in [5, 5.41) is 4.61. The lowest BCUT2D eigenvalue weighted by atomic mass is 10.1. The van der Waals surface area contributed by atoms with Crippen LogP contribution in [0.5, 0.6) is 0 Å². The molecule has 0 bridgehead atoms. The summed E-state index contributed by atoms with van der Waals surface area (Å²) in [6.07, 6.45) is -2.89. The maximum atomic E-state index is 12.6. The Morgan fingerprint density at radius 1 is 0.947 bits per heavy atom. The van der Waals surface area contributed by atoms with Crippen molar-refractivity contribution in [2.24, 2.45) is 0 Å². The summed E-state index contributed by atoms with van der Waals surface area (Å²) in [6.45, 7) is 0. The molecule has 1 aromatic heterocycles. The monoisotopic (exact) mass is 262 g/mol. The molecule has 1 heterocycles. The van der Waals surface area contributed by atoms with Crippen LogP contribution in [-0.4, -0.2) is 9.78 Å². The minimum Gasteiger partial charge on any atom is -0.233 e. The Hall–Kier alpha value is -2.30. The van der Waals surface area contributed by atoms with E-state index in [9.17, 15) is 13.2 Å². The molecule has 2 aromatic carbocycles. The average Bonchev–Trinajstić information content (AvgIpc) is 2.81. The highest BCUT2D eigenvalue weighted by molar-refractivity contribution is 5.81. The normalized spacial score (nSPS) is 11.9. The molecule has 19 heavy (non-hydrogen) atoms. The number of halogens is 3. The summed E-state index contributed by atoms with van der Waals surface area (Å²) in [6, 6.07) is 12.9. The summed E-state index contributed by atoms with van der Waals surface area (Å²) >= 11 is 0. The van der Waals surface area contributed by atoms with Gasteiger partial charge in [-0.3, -0.25) is 0 Å². The van der Waals surface area contributed by atoms with Crippen molar-refractivity contribution in [3.8, 4) is 5.69 Å². The number of rotatable bonds is 1. The van der Waals surface area contributed by atoms with Gasteiger partial charge in [0.25, 0.3) is 0 Å². The first-order chi connectivity index (χ1) is 9.05. The quantitative estimate of drug-likeness (QED) is 0.647. The molecule has 96 valence electrons. The molecule has 0 radical (unpaired) electrons. The van der Waals surface area contributed by atoms with Gasteiger partial charge in [0.15, 0.2) is 0 Å². The fourth-order valence-electron chi connectivity index (χ4n) is 1.98. The lowest BCUT2D eigenvalue weighted by Gasteiger charge is -2.07. The molecule has 5 heteroatoms. The van der Waals surface area contributed by atoms with Crippen molar-refractivity contribution in [1.82, 2.24) is 9.78 Å². The summed E-state index contributed by atoms with van der Waals surface area (Å²) in [5.41, 5.74) is 0.809. The highest BCUT2D eigenvalue weighted by atomic mass is 19.4. The molecule has 3 aromatic rings. The third kappa shape index (κ3) is 2.07. The number of benzene rings is 2. The summed E-state index contributed by atoms with van der Waals surface area (Å²) in [7, 11) is 0. The van der Waals surface area contributed by atoms with Crippen molar-refractivity contribution >= 4 is 10.9 Å². The van der Waals surface area contributed by atoms with Crippen LogP contribution >= 0.6 is 0 Å². The summed E-state index contributed by atoms with van der Waals surface area (Å²) in [5.74, 6) is 0. The molecule has 0 fully saturated rings. The molecule has 0 unspecified atom stereocenters. The number of fused-ring (bicyclic) bond motifs is 1. The highest BCUT2D eigenvalue weighted by Crippen LogP contribution is 2.31. The van der Waals surface area contributed by atoms with E-state index in [1.54, 1.807) is 4.68 Å². The second kappa shape index (κ2) is 4.12. The van der Waals surface area contributed by atoms with Crippen molar-refractivity contribution in [3.05, 3.63) is 60.3 Å². The molecular formula is C14H9F3N2. The molecule has 0 N–H and O–H groups in total. The summed E-state index contributed by atoms with van der Waals surface area (Å²) in [4.78, 5) is 0. The van der Waals surface area contributed by atoms with Gasteiger partial charge in [-0.2, -0.15) is 18.3 Å². The zero-order valence-corrected chi connectivity index (χ0v) is 9.72. The molecule has 0 aliphatic carbocycles. The second-order valence-electron chi connectivity index (χ2n) is 4.16. The predicted molar refractivity (Wildman–Crippen MR) is 66.1 cm³/mol. The van der Waals surface area contributed by atoms with Crippen LogP contribution in [0.15, 0.2) is 54.7 Å². The van der Waals surface area contributed by atoms with Crippen LogP contribution in [-0.2, 0) is 6.18 Å². The van der Waals surface area contributed by atoms with Gasteiger partial charge in [-0.1, -0.05) is 18.2 Å². The van der Waals surface area contributed by atoms with Gasteiger partial charge >= 0.3 is 6.18 Å². The van der Waals surface area contributed by atoms with Gasteiger partial charge < -0.3 is 0 Å². The Kier molecular flexibility index (Phi) is 2.55. The minimum atomic E-state index is -4.33. The van der Waals surface area contributed by atoms with E-state index in [1.165, 1.54) is 12.3 Å². The molecule has 0 saturated carbocycles. The van der Waals surface area contributed by atoms with Gasteiger partial charge in [-0.15, -0.1) is 0 Å². The van der Waals surface area contributed by atoms with Crippen LogP contribution in [0.2, 0.25) is 0 Å². The number of hydrogen-bond donors (Lipinski definition) is 0. The van der Waals surface area contributed by atoms with Gasteiger partial charge in [0, 0.05) is 5.39 Å². The van der Waals surface area contributed by atoms with Gasteiger partial charge in [0.2, 0.25) is 0 Å². The Bertz CT molecular complexity index is 714. The summed E-state index contributed by atoms with van der Waals surface area (Å²) < 4.78 is 39.5. The Balaban J connectivity index is 2.16. The lowest BCUT2D eigenvalue weighted by Crippen LogP contribution is -2.04. The van der Waals surface area contributed by atoms with Gasteiger partial charge in [0.1, 0.15) is 0 Å². The fraction of sp³-hybridized carbons (Fsp3) is 0.0714. The van der Waals surface area contributed by atoms with E-state index in [2.05, 4.69) is 5.10 Å². The third-order valence-electron chi connectivity index (χ3n) is 2.90. The number of alkyl halides is 3. The first-order valence-corrected chi connectivity index (χ1v) is 5.66. The van der Waals surface area contributed by atoms with Crippen LogP contribution in [0.25, 0.3) is 16.6 Å². The van der Waals surface area contributed by atoms with E-state index in [0.717, 1.165) is 17.8 Å². The van der Waals surface area contributed by atoms with Crippen LogP contribution in [0.1, 0.15) is 5.56 Å². The third-order valence-corrected chi connectivity index (χ3v) is 2.90. The van der Waals surface area contributed by atoms with E-state index in [1.807, 2.05) is 30.3 Å². The molecule has 0 aliphatic heterocycles. The zero-order chi connectivity index (χ0) is 13.5. The van der Waals surface area contributed by atoms with Crippen molar-refractivity contribution in [2.45, 2.75) is 6.18 Å². The molecule has 0 amide bonds. The van der Waals surface area contributed by atoms with Crippen molar-refractivity contribution in [1.29, 1.82) is 0 Å². The molecule has 0 saturated heterocycles. The molecule has 0 spiro atoms. The fourth-order valence-corrected chi connectivity index (χ4v) is 1.98. The standard InChI is InChI=1S/C14H9F3N2/c15-14(16,17)11-6-7-13-10(8-11)9-18-19(13)12-4-2-1-3-5-12/h1-9H. The number of nitrogens with zero attached hydrogens (tertiary/aromatic N) is 2. The molecule has 2 nitrogen and oxygen atoms in total. The molecule has 3 rings (SSSR count). The lowest BCUT2D eigenvalue weighted by molar-refractivity contribution is -0.137. The van der Waals surface area contributed by atoms with Crippen LogP contribution in [0.3, 0.4) is 0 Å². The Labute approximate surface area is 107 Å². The Morgan fingerprint density at radius 2 is 1.68 bits per heavy atom. The van der Waals surface area contributed by atoms with Crippen LogP contribution in [0, 0.1) is 0 Å². The molecule has 0 aliphatic rings. The van der Waals surface area contributed by atoms with Crippen molar-refractivity contribution in [2.75, 3.05) is 0 Å². The zero-order valence-electron chi connectivity index (χ0n) is 9.72. The number of hydrogen-bond acceptors (Lipinski definition) is 1. The van der Waals surface area contributed by atoms with Gasteiger partial charge in [0.05, 0.1) is 23.0 Å². The number of para-hydroxylation sites is 1. The maximum absolute atomic E-state index is 12.6. The van der Waals surface area contributed by atoms with Crippen molar-refractivity contribution in [3.63, 3.8) is 0 Å². The average molecular weight is 262 g/mol. The maximum Gasteiger partial charge on any atom is 0.416 e. The van der Waals surface area contributed by atoms with Crippen LogP contribution < -0.4 is 0 Å². The van der Waals surface area contributed by atoms with E-state index in [4.69, 9.17) is 0 Å². The molecule has 0 atom stereocenters. The van der Waals surface area contributed by atoms with E-state index < -0.39 is 11.7 Å². The topological polar surface area (TPSA) is 17.8 Å². The first kappa shape index (κ1) is 11.8. The SMILES string of the molecule is FC(F)(F)c1ccc2c(cnn2-c2ccccc2)c1. The van der Waals surface area contributed by atoms with Gasteiger partial charge in [-0.05, 0) is 30.3 Å². The van der Waals surface area contributed by atoms with Crippen molar-refractivity contribution < 1.29 is 13.2 Å². The highest BCUT2D eigenvalue weighted by Gasteiger charge is 2.30. The largest absolute Gasteiger partial charge is 0.416 e. The van der Waals surface area contributed by atoms with E-state index >= 15 is 0 Å².